The first-order chi connectivity index (χ1) is 14.9. The Balaban J connectivity index is 1.90. The molecule has 160 valence electrons. The molecule has 0 aliphatic heterocycles. The van der Waals surface area contributed by atoms with Crippen LogP contribution >= 0.6 is 11.6 Å². The number of hydrogen-bond donors (Lipinski definition) is 1. The average Bonchev–Trinajstić information content (AvgIpc) is 3.25. The van der Waals surface area contributed by atoms with E-state index in [1.807, 2.05) is 59.3 Å². The largest absolute Gasteiger partial charge is 0.497 e. The minimum absolute atomic E-state index is 0.557. The zero-order chi connectivity index (χ0) is 22.0. The van der Waals surface area contributed by atoms with Crippen LogP contribution in [0.15, 0.2) is 60.3 Å². The van der Waals surface area contributed by atoms with Gasteiger partial charge in [-0.25, -0.2) is 14.7 Å². The Labute approximate surface area is 186 Å². The van der Waals surface area contributed by atoms with Gasteiger partial charge in [-0.1, -0.05) is 28.4 Å². The molecule has 1 heterocycles. The summed E-state index contributed by atoms with van der Waals surface area (Å²) in [6.45, 7) is 0. The number of halogens is 1. The van der Waals surface area contributed by atoms with Gasteiger partial charge >= 0.3 is 6.41 Å². The number of methoxy groups -OCH3 is 1. The van der Waals surface area contributed by atoms with Crippen molar-refractivity contribution in [1.82, 2.24) is 9.78 Å². The van der Waals surface area contributed by atoms with Crippen molar-refractivity contribution < 1.29 is 19.4 Å². The molecule has 0 bridgehead atoms. The van der Waals surface area contributed by atoms with E-state index in [9.17, 15) is 10.0 Å². The van der Waals surface area contributed by atoms with Gasteiger partial charge in [-0.3, -0.25) is 0 Å². The molecule has 4 rings (SSSR count). The number of ether oxygens (including phenoxy) is 1. The molecule has 1 unspecified atom stereocenters. The quantitative estimate of drug-likeness (QED) is 0.239. The van der Waals surface area contributed by atoms with Gasteiger partial charge in [0.15, 0.2) is 5.70 Å². The Morgan fingerprint density at radius 2 is 1.77 bits per heavy atom. The van der Waals surface area contributed by atoms with Crippen LogP contribution in [0, 0.1) is 0 Å². The highest BCUT2D eigenvalue weighted by Gasteiger charge is 2.33. The minimum atomic E-state index is -0.763. The first-order valence-corrected chi connectivity index (χ1v) is 10.6. The van der Waals surface area contributed by atoms with Crippen LogP contribution in [0.2, 0.25) is 5.02 Å². The van der Waals surface area contributed by atoms with E-state index in [1.165, 1.54) is 7.05 Å². The monoisotopic (exact) mass is 438 g/mol. The highest BCUT2D eigenvalue weighted by atomic mass is 35.5. The number of amides is 1. The summed E-state index contributed by atoms with van der Waals surface area (Å²) in [5.41, 5.74) is 5.12. The zero-order valence-electron chi connectivity index (χ0n) is 17.6. The fourth-order valence-corrected chi connectivity index (χ4v) is 4.13. The van der Waals surface area contributed by atoms with Crippen molar-refractivity contribution in [3.05, 3.63) is 71.0 Å². The van der Waals surface area contributed by atoms with Crippen LogP contribution in [-0.4, -0.2) is 40.2 Å². The number of allylic oxidation sites excluding steroid dienone is 2. The summed E-state index contributed by atoms with van der Waals surface area (Å²) in [6, 6.07) is 17.3. The number of rotatable bonds is 6. The summed E-state index contributed by atoms with van der Waals surface area (Å²) in [7, 11) is 3.13. The summed E-state index contributed by atoms with van der Waals surface area (Å²) in [6.07, 6.45) is 3.90. The van der Waals surface area contributed by atoms with Crippen LogP contribution in [0.5, 0.6) is 5.75 Å². The number of aromatic nitrogens is 2. The fraction of sp³-hybridized carbons (Fsp3) is 0.250. The third kappa shape index (κ3) is 4.28. The lowest BCUT2D eigenvalue weighted by Crippen LogP contribution is -2.39. The van der Waals surface area contributed by atoms with E-state index in [1.54, 1.807) is 7.11 Å². The van der Waals surface area contributed by atoms with E-state index in [4.69, 9.17) is 21.4 Å². The van der Waals surface area contributed by atoms with Gasteiger partial charge in [0.1, 0.15) is 12.8 Å². The van der Waals surface area contributed by atoms with Crippen molar-refractivity contribution in [3.8, 4) is 22.7 Å². The first-order valence-electron chi connectivity index (χ1n) is 10.2. The number of quaternary nitrogens is 1. The van der Waals surface area contributed by atoms with Crippen LogP contribution in [-0.2, 0) is 4.79 Å². The summed E-state index contributed by atoms with van der Waals surface area (Å²) < 4.78 is 6.39. The molecule has 1 amide bonds. The van der Waals surface area contributed by atoms with Gasteiger partial charge in [0.05, 0.1) is 24.2 Å². The molecule has 31 heavy (non-hydrogen) atoms. The van der Waals surface area contributed by atoms with Crippen molar-refractivity contribution in [2.75, 3.05) is 14.2 Å². The highest BCUT2D eigenvalue weighted by molar-refractivity contribution is 6.30. The maximum absolute atomic E-state index is 11.5. The molecule has 6 nitrogen and oxygen atoms in total. The molecule has 7 heteroatoms. The predicted octanol–water partition coefficient (Wildman–Crippen LogP) is 5.48. The van der Waals surface area contributed by atoms with Crippen LogP contribution in [0.1, 0.15) is 31.4 Å². The summed E-state index contributed by atoms with van der Waals surface area (Å²) >= 11 is 6.09. The van der Waals surface area contributed by atoms with Crippen molar-refractivity contribution >= 4 is 23.6 Å². The number of hydrogen-bond acceptors (Lipinski definition) is 4. The van der Waals surface area contributed by atoms with Crippen LogP contribution in [0.3, 0.4) is 0 Å². The molecular formula is C24H25ClN3O3+. The van der Waals surface area contributed by atoms with Gasteiger partial charge in [-0.2, -0.15) is 5.10 Å². The molecule has 0 radical (unpaired) electrons. The molecule has 1 aromatic heterocycles. The Hall–Kier alpha value is -2.93. The Bertz CT molecular complexity index is 1120. The molecule has 1 aliphatic carbocycles. The van der Waals surface area contributed by atoms with Crippen molar-refractivity contribution in [2.24, 2.45) is 0 Å². The molecule has 1 aliphatic rings. The lowest BCUT2D eigenvalue weighted by Gasteiger charge is -2.25. The minimum Gasteiger partial charge on any atom is -0.497 e. The van der Waals surface area contributed by atoms with Crippen LogP contribution in [0.4, 0.5) is 0 Å². The second-order valence-electron chi connectivity index (χ2n) is 7.80. The molecular weight excluding hydrogens is 414 g/mol. The van der Waals surface area contributed by atoms with Crippen LogP contribution < -0.4 is 4.74 Å². The topological polar surface area (TPSA) is 64.3 Å². The Morgan fingerprint density at radius 1 is 1.10 bits per heavy atom. The molecule has 2 aromatic carbocycles. The molecule has 0 saturated carbocycles. The summed E-state index contributed by atoms with van der Waals surface area (Å²) in [4.78, 5) is 11.5. The van der Waals surface area contributed by atoms with Gasteiger partial charge < -0.3 is 4.74 Å². The van der Waals surface area contributed by atoms with Gasteiger partial charge in [0.2, 0.25) is 0 Å². The van der Waals surface area contributed by atoms with Gasteiger partial charge in [-0.05, 0) is 61.7 Å². The lowest BCUT2D eigenvalue weighted by atomic mass is 9.93. The molecule has 0 saturated heterocycles. The van der Waals surface area contributed by atoms with E-state index >= 15 is 0 Å². The molecule has 1 atom stereocenters. The summed E-state index contributed by atoms with van der Waals surface area (Å²) in [5.74, 6) is 0.765. The maximum Gasteiger partial charge on any atom is 0.338 e. The smallest absolute Gasteiger partial charge is 0.338 e. The second kappa shape index (κ2) is 8.67. The summed E-state index contributed by atoms with van der Waals surface area (Å²) in [5, 5.41) is 16.2. The molecule has 1 N–H and O–H groups in total. The van der Waals surface area contributed by atoms with E-state index in [0.29, 0.717) is 23.6 Å². The van der Waals surface area contributed by atoms with Gasteiger partial charge in [0.25, 0.3) is 0 Å². The standard InChI is InChI=1S/C24H25ClN3O3/c1-28(30,16-29)24-6-4-3-5-21(24)22-15-23(17-7-9-18(25)10-8-17)27(26-22)19-11-13-20(31-2)14-12-19/h7-16,30H,3-6H2,1-2H3/q+1. The second-order valence-corrected chi connectivity index (χ2v) is 8.23. The highest BCUT2D eigenvalue weighted by Crippen LogP contribution is 2.37. The SMILES string of the molecule is COc1ccc(-n2nc(C3=C([N+](C)(O)C=O)CCCC3)cc2-c2ccc(Cl)cc2)cc1. The maximum atomic E-state index is 11.5. The predicted molar refractivity (Wildman–Crippen MR) is 120 cm³/mol. The third-order valence-electron chi connectivity index (χ3n) is 5.67. The number of benzene rings is 2. The zero-order valence-corrected chi connectivity index (χ0v) is 18.3. The molecule has 3 aromatic rings. The van der Waals surface area contributed by atoms with Crippen molar-refractivity contribution in [2.45, 2.75) is 25.7 Å². The van der Waals surface area contributed by atoms with E-state index < -0.39 is 4.65 Å². The average molecular weight is 439 g/mol. The van der Waals surface area contributed by atoms with Crippen molar-refractivity contribution in [3.63, 3.8) is 0 Å². The lowest BCUT2D eigenvalue weighted by molar-refractivity contribution is -0.986. The normalized spacial score (nSPS) is 16.1. The Morgan fingerprint density at radius 3 is 2.42 bits per heavy atom. The van der Waals surface area contributed by atoms with E-state index in [2.05, 4.69) is 0 Å². The van der Waals surface area contributed by atoms with E-state index in [-0.39, 0.29) is 0 Å². The van der Waals surface area contributed by atoms with Crippen molar-refractivity contribution in [1.29, 1.82) is 0 Å². The Kier molecular flexibility index (Phi) is 5.96. The number of carbonyl (C=O) groups is 1. The fourth-order valence-electron chi connectivity index (χ4n) is 4.00. The van der Waals surface area contributed by atoms with Gasteiger partial charge in [0, 0.05) is 22.6 Å². The molecule has 0 fully saturated rings. The number of hydroxylamine groups is 3. The number of nitrogens with zero attached hydrogens (tertiary/aromatic N) is 3. The first kappa shape index (κ1) is 21.3. The molecule has 0 spiro atoms. The van der Waals surface area contributed by atoms with E-state index in [0.717, 1.165) is 53.2 Å². The number of carbonyl (C=O) groups excluding carboxylic acids is 1. The van der Waals surface area contributed by atoms with Crippen LogP contribution in [0.25, 0.3) is 22.5 Å². The van der Waals surface area contributed by atoms with Gasteiger partial charge in [-0.15, -0.1) is 0 Å². The third-order valence-corrected chi connectivity index (χ3v) is 5.92.